The number of carbonyl (C=O) groups excluding carboxylic acids is 1. The lowest BCUT2D eigenvalue weighted by Gasteiger charge is -2.16. The molecular weight excluding hydrogens is 272 g/mol. The quantitative estimate of drug-likeness (QED) is 0.812. The maximum atomic E-state index is 12.2. The molecule has 1 amide bonds. The van der Waals surface area contributed by atoms with Crippen molar-refractivity contribution in [1.29, 1.82) is 0 Å². The monoisotopic (exact) mass is 292 g/mol. The van der Waals surface area contributed by atoms with E-state index in [1.165, 1.54) is 0 Å². The van der Waals surface area contributed by atoms with E-state index >= 15 is 0 Å². The summed E-state index contributed by atoms with van der Waals surface area (Å²) in [4.78, 5) is 12.5. The van der Waals surface area contributed by atoms with Crippen LogP contribution in [-0.2, 0) is 16.1 Å². The van der Waals surface area contributed by atoms with E-state index in [9.17, 15) is 4.79 Å². The summed E-state index contributed by atoms with van der Waals surface area (Å²) in [5, 5.41) is 2.97. The highest BCUT2D eigenvalue weighted by Crippen LogP contribution is 2.23. The Labute approximate surface area is 124 Å². The van der Waals surface area contributed by atoms with E-state index in [1.807, 2.05) is 31.2 Å². The van der Waals surface area contributed by atoms with Crippen LogP contribution < -0.4 is 11.1 Å². The average molecular weight is 292 g/mol. The second-order valence-corrected chi connectivity index (χ2v) is 5.43. The standard InChI is InChI=1S/C15H20N2O2S/c1-2-13-12(6-7-19-13)15(18)17-9-10-4-3-5-11(8-10)14(16)20/h3-5,8,12-13H,2,6-7,9H2,1H3,(H2,16,20)(H,17,18). The molecule has 2 rings (SSSR count). The van der Waals surface area contributed by atoms with E-state index in [1.54, 1.807) is 0 Å². The molecule has 1 fully saturated rings. The molecular formula is C15H20N2O2S. The van der Waals surface area contributed by atoms with Gasteiger partial charge in [0.25, 0.3) is 0 Å². The fourth-order valence-corrected chi connectivity index (χ4v) is 2.63. The molecule has 1 saturated heterocycles. The molecule has 1 aromatic rings. The molecule has 1 aliphatic rings. The van der Waals surface area contributed by atoms with Gasteiger partial charge in [0.2, 0.25) is 5.91 Å². The Balaban J connectivity index is 1.93. The van der Waals surface area contributed by atoms with Crippen LogP contribution in [0.25, 0.3) is 0 Å². The van der Waals surface area contributed by atoms with Crippen molar-refractivity contribution >= 4 is 23.1 Å². The molecule has 3 N–H and O–H groups in total. The van der Waals surface area contributed by atoms with Crippen LogP contribution in [0.2, 0.25) is 0 Å². The minimum Gasteiger partial charge on any atom is -0.389 e. The van der Waals surface area contributed by atoms with Gasteiger partial charge in [0.1, 0.15) is 4.99 Å². The number of carbonyl (C=O) groups is 1. The summed E-state index contributed by atoms with van der Waals surface area (Å²) in [7, 11) is 0. The van der Waals surface area contributed by atoms with Gasteiger partial charge in [0.05, 0.1) is 12.0 Å². The second kappa shape index (κ2) is 6.81. The lowest BCUT2D eigenvalue weighted by Crippen LogP contribution is -2.34. The Hall–Kier alpha value is -1.46. The van der Waals surface area contributed by atoms with Gasteiger partial charge in [-0.25, -0.2) is 0 Å². The molecule has 4 nitrogen and oxygen atoms in total. The predicted octanol–water partition coefficient (Wildman–Crippen LogP) is 1.75. The van der Waals surface area contributed by atoms with Crippen LogP contribution in [0.5, 0.6) is 0 Å². The van der Waals surface area contributed by atoms with Crippen LogP contribution in [0.1, 0.15) is 30.9 Å². The van der Waals surface area contributed by atoms with Gasteiger partial charge in [0, 0.05) is 18.7 Å². The molecule has 1 aliphatic heterocycles. The number of rotatable bonds is 5. The van der Waals surface area contributed by atoms with Crippen LogP contribution >= 0.6 is 12.2 Å². The van der Waals surface area contributed by atoms with E-state index in [0.717, 1.165) is 24.0 Å². The first-order valence-electron chi connectivity index (χ1n) is 6.90. The predicted molar refractivity (Wildman–Crippen MR) is 82.3 cm³/mol. The SMILES string of the molecule is CCC1OCCC1C(=O)NCc1cccc(C(N)=S)c1. The van der Waals surface area contributed by atoms with Gasteiger partial charge in [-0.2, -0.15) is 0 Å². The van der Waals surface area contributed by atoms with E-state index in [0.29, 0.717) is 18.1 Å². The molecule has 108 valence electrons. The molecule has 20 heavy (non-hydrogen) atoms. The molecule has 0 radical (unpaired) electrons. The number of nitrogens with one attached hydrogen (secondary N) is 1. The highest BCUT2D eigenvalue weighted by atomic mass is 32.1. The van der Waals surface area contributed by atoms with E-state index < -0.39 is 0 Å². The number of hydrogen-bond acceptors (Lipinski definition) is 3. The van der Waals surface area contributed by atoms with Crippen LogP contribution in [0.4, 0.5) is 0 Å². The summed E-state index contributed by atoms with van der Waals surface area (Å²) >= 11 is 4.95. The lowest BCUT2D eigenvalue weighted by molar-refractivity contribution is -0.126. The summed E-state index contributed by atoms with van der Waals surface area (Å²) in [6, 6.07) is 7.62. The Bertz CT molecular complexity index is 504. The zero-order chi connectivity index (χ0) is 14.5. The zero-order valence-electron chi connectivity index (χ0n) is 11.6. The third-order valence-corrected chi connectivity index (χ3v) is 3.86. The number of hydrogen-bond donors (Lipinski definition) is 2. The summed E-state index contributed by atoms with van der Waals surface area (Å²) in [5.41, 5.74) is 7.42. The molecule has 0 saturated carbocycles. The van der Waals surface area contributed by atoms with Crippen molar-refractivity contribution in [3.8, 4) is 0 Å². The number of ether oxygens (including phenoxy) is 1. The number of nitrogens with two attached hydrogens (primary N) is 1. The molecule has 0 aliphatic carbocycles. The van der Waals surface area contributed by atoms with Gasteiger partial charge in [-0.05, 0) is 24.5 Å². The molecule has 1 aromatic carbocycles. The lowest BCUT2D eigenvalue weighted by atomic mass is 9.98. The number of benzene rings is 1. The Morgan fingerprint density at radius 3 is 3.05 bits per heavy atom. The van der Waals surface area contributed by atoms with Crippen molar-refractivity contribution in [3.05, 3.63) is 35.4 Å². The van der Waals surface area contributed by atoms with Crippen molar-refractivity contribution < 1.29 is 9.53 Å². The summed E-state index contributed by atoms with van der Waals surface area (Å²) in [6.07, 6.45) is 1.73. The highest BCUT2D eigenvalue weighted by molar-refractivity contribution is 7.80. The summed E-state index contributed by atoms with van der Waals surface area (Å²) in [6.45, 7) is 3.21. The van der Waals surface area contributed by atoms with Gasteiger partial charge in [-0.3, -0.25) is 4.79 Å². The van der Waals surface area contributed by atoms with Gasteiger partial charge >= 0.3 is 0 Å². The van der Waals surface area contributed by atoms with Gasteiger partial charge < -0.3 is 15.8 Å². The highest BCUT2D eigenvalue weighted by Gasteiger charge is 2.32. The smallest absolute Gasteiger partial charge is 0.226 e. The molecule has 0 bridgehead atoms. The fraction of sp³-hybridized carbons (Fsp3) is 0.467. The van der Waals surface area contributed by atoms with E-state index in [-0.39, 0.29) is 17.9 Å². The van der Waals surface area contributed by atoms with Gasteiger partial charge in [-0.15, -0.1) is 0 Å². The van der Waals surface area contributed by atoms with Crippen LogP contribution in [0.3, 0.4) is 0 Å². The van der Waals surface area contributed by atoms with Crippen molar-refractivity contribution in [3.63, 3.8) is 0 Å². The molecule has 5 heteroatoms. The Kier molecular flexibility index (Phi) is 5.09. The van der Waals surface area contributed by atoms with Gasteiger partial charge in [-0.1, -0.05) is 37.3 Å². The van der Waals surface area contributed by atoms with Gasteiger partial charge in [0.15, 0.2) is 0 Å². The van der Waals surface area contributed by atoms with Crippen LogP contribution in [-0.4, -0.2) is 23.6 Å². The fourth-order valence-electron chi connectivity index (χ4n) is 2.51. The van der Waals surface area contributed by atoms with Crippen molar-refractivity contribution in [1.82, 2.24) is 5.32 Å². The Morgan fingerprint density at radius 1 is 1.55 bits per heavy atom. The average Bonchev–Trinajstić information content (AvgIpc) is 2.93. The first kappa shape index (κ1) is 14.9. The molecule has 1 heterocycles. The minimum absolute atomic E-state index is 0.0289. The minimum atomic E-state index is -0.0289. The van der Waals surface area contributed by atoms with Crippen molar-refractivity contribution in [2.75, 3.05) is 6.61 Å². The summed E-state index contributed by atoms with van der Waals surface area (Å²) < 4.78 is 5.54. The van der Waals surface area contributed by atoms with E-state index in [2.05, 4.69) is 5.32 Å². The van der Waals surface area contributed by atoms with E-state index in [4.69, 9.17) is 22.7 Å². The van der Waals surface area contributed by atoms with Crippen LogP contribution in [0.15, 0.2) is 24.3 Å². The second-order valence-electron chi connectivity index (χ2n) is 5.00. The van der Waals surface area contributed by atoms with Crippen molar-refractivity contribution in [2.45, 2.75) is 32.4 Å². The Morgan fingerprint density at radius 2 is 2.35 bits per heavy atom. The summed E-state index contributed by atoms with van der Waals surface area (Å²) in [5.74, 6) is 0.0360. The first-order chi connectivity index (χ1) is 9.61. The third-order valence-electron chi connectivity index (χ3n) is 3.63. The molecule has 2 unspecified atom stereocenters. The zero-order valence-corrected chi connectivity index (χ0v) is 12.4. The molecule has 0 spiro atoms. The first-order valence-corrected chi connectivity index (χ1v) is 7.30. The van der Waals surface area contributed by atoms with Crippen molar-refractivity contribution in [2.24, 2.45) is 11.7 Å². The number of thiocarbonyl (C=S) groups is 1. The molecule has 0 aromatic heterocycles. The third kappa shape index (κ3) is 3.55. The normalized spacial score (nSPS) is 21.6. The largest absolute Gasteiger partial charge is 0.389 e. The maximum Gasteiger partial charge on any atom is 0.226 e. The number of amides is 1. The topological polar surface area (TPSA) is 64.3 Å². The maximum absolute atomic E-state index is 12.2. The van der Waals surface area contributed by atoms with Crippen LogP contribution in [0, 0.1) is 5.92 Å². The molecule has 2 atom stereocenters.